The second-order valence-corrected chi connectivity index (χ2v) is 6.48. The first-order valence-corrected chi connectivity index (χ1v) is 7.42. The summed E-state index contributed by atoms with van der Waals surface area (Å²) < 4.78 is 5.87. The van der Waals surface area contributed by atoms with Gasteiger partial charge in [-0.05, 0) is 50.6 Å². The molecule has 1 saturated carbocycles. The smallest absolute Gasteiger partial charge is 0.0631 e. The lowest BCUT2D eigenvalue weighted by Gasteiger charge is -2.52. The van der Waals surface area contributed by atoms with Gasteiger partial charge in [-0.1, -0.05) is 26.7 Å². The minimum Gasteiger partial charge on any atom is -0.381 e. The van der Waals surface area contributed by atoms with E-state index in [1.807, 2.05) is 7.11 Å². The van der Waals surface area contributed by atoms with Gasteiger partial charge >= 0.3 is 0 Å². The van der Waals surface area contributed by atoms with Gasteiger partial charge < -0.3 is 10.1 Å². The number of rotatable bonds is 3. The van der Waals surface area contributed by atoms with E-state index >= 15 is 0 Å². The number of hydrogen-bond donors (Lipinski definition) is 1. The molecule has 1 saturated heterocycles. The van der Waals surface area contributed by atoms with E-state index in [9.17, 15) is 0 Å². The van der Waals surface area contributed by atoms with Gasteiger partial charge in [-0.25, -0.2) is 0 Å². The lowest BCUT2D eigenvalue weighted by atomic mass is 9.59. The Hall–Kier alpha value is -0.0800. The molecule has 0 amide bonds. The van der Waals surface area contributed by atoms with E-state index in [2.05, 4.69) is 19.2 Å². The summed E-state index contributed by atoms with van der Waals surface area (Å²) >= 11 is 0. The Labute approximate surface area is 107 Å². The van der Waals surface area contributed by atoms with Crippen LogP contribution in [-0.2, 0) is 4.74 Å². The highest BCUT2D eigenvalue weighted by atomic mass is 16.5. The van der Waals surface area contributed by atoms with Crippen molar-refractivity contribution >= 4 is 0 Å². The first-order chi connectivity index (χ1) is 8.19. The van der Waals surface area contributed by atoms with Gasteiger partial charge in [0, 0.05) is 12.5 Å². The van der Waals surface area contributed by atoms with E-state index < -0.39 is 0 Å². The number of methoxy groups -OCH3 is 1. The van der Waals surface area contributed by atoms with Gasteiger partial charge in [-0.3, -0.25) is 0 Å². The van der Waals surface area contributed by atoms with Crippen LogP contribution in [0.2, 0.25) is 0 Å². The largest absolute Gasteiger partial charge is 0.381 e. The molecule has 1 N–H and O–H groups in total. The van der Waals surface area contributed by atoms with E-state index in [4.69, 9.17) is 4.74 Å². The van der Waals surface area contributed by atoms with Gasteiger partial charge in [0.1, 0.15) is 0 Å². The molecule has 100 valence electrons. The zero-order valence-electron chi connectivity index (χ0n) is 11.8. The van der Waals surface area contributed by atoms with Crippen molar-refractivity contribution in [2.45, 2.75) is 58.5 Å². The van der Waals surface area contributed by atoms with Crippen molar-refractivity contribution in [1.29, 1.82) is 0 Å². The van der Waals surface area contributed by atoms with Crippen LogP contribution in [0, 0.1) is 17.3 Å². The summed E-state index contributed by atoms with van der Waals surface area (Å²) in [6, 6.07) is 0. The third kappa shape index (κ3) is 2.68. The van der Waals surface area contributed by atoms with Gasteiger partial charge in [0.25, 0.3) is 0 Å². The molecule has 2 aliphatic rings. The number of hydrogen-bond acceptors (Lipinski definition) is 2. The second-order valence-electron chi connectivity index (χ2n) is 6.48. The normalized spacial score (nSPS) is 38.8. The molecular weight excluding hydrogens is 210 g/mol. The van der Waals surface area contributed by atoms with Crippen molar-refractivity contribution in [2.75, 3.05) is 20.2 Å². The predicted molar refractivity (Wildman–Crippen MR) is 72.1 cm³/mol. The van der Waals surface area contributed by atoms with Gasteiger partial charge in [-0.15, -0.1) is 0 Å². The molecule has 1 heterocycles. The van der Waals surface area contributed by atoms with Crippen LogP contribution in [0.25, 0.3) is 0 Å². The molecule has 1 aliphatic heterocycles. The van der Waals surface area contributed by atoms with Crippen molar-refractivity contribution < 1.29 is 4.74 Å². The van der Waals surface area contributed by atoms with Crippen molar-refractivity contribution in [1.82, 2.24) is 5.32 Å². The quantitative estimate of drug-likeness (QED) is 0.816. The topological polar surface area (TPSA) is 21.3 Å². The highest BCUT2D eigenvalue weighted by Gasteiger charge is 2.47. The average Bonchev–Trinajstić information content (AvgIpc) is 2.32. The summed E-state index contributed by atoms with van der Waals surface area (Å²) in [5.41, 5.74) is 0.489. The van der Waals surface area contributed by atoms with Crippen molar-refractivity contribution in [3.63, 3.8) is 0 Å². The Morgan fingerprint density at radius 1 is 1.29 bits per heavy atom. The molecule has 2 nitrogen and oxygen atoms in total. The molecule has 2 fully saturated rings. The second kappa shape index (κ2) is 5.71. The lowest BCUT2D eigenvalue weighted by molar-refractivity contribution is -0.0956. The molecule has 17 heavy (non-hydrogen) atoms. The summed E-state index contributed by atoms with van der Waals surface area (Å²) in [5.74, 6) is 1.62. The van der Waals surface area contributed by atoms with Crippen LogP contribution < -0.4 is 5.32 Å². The van der Waals surface area contributed by atoms with Crippen LogP contribution >= 0.6 is 0 Å². The zero-order chi connectivity index (χ0) is 12.3. The maximum atomic E-state index is 5.87. The molecule has 1 spiro atoms. The van der Waals surface area contributed by atoms with Gasteiger partial charge in [0.05, 0.1) is 6.10 Å². The van der Waals surface area contributed by atoms with Crippen molar-refractivity contribution in [3.05, 3.63) is 0 Å². The molecule has 0 aromatic heterocycles. The van der Waals surface area contributed by atoms with Gasteiger partial charge in [0.2, 0.25) is 0 Å². The van der Waals surface area contributed by atoms with Crippen LogP contribution in [0.15, 0.2) is 0 Å². The highest BCUT2D eigenvalue weighted by Crippen LogP contribution is 2.49. The van der Waals surface area contributed by atoms with Crippen molar-refractivity contribution in [2.24, 2.45) is 17.3 Å². The first kappa shape index (κ1) is 13.4. The average molecular weight is 239 g/mol. The van der Waals surface area contributed by atoms with Gasteiger partial charge in [-0.2, -0.15) is 0 Å². The molecule has 2 heteroatoms. The molecule has 0 radical (unpaired) electrons. The fourth-order valence-corrected chi connectivity index (χ4v) is 4.23. The standard InChI is InChI=1S/C15H29NO/c1-12(2)10-13-11-16-9-8-15(13)7-5-4-6-14(15)17-3/h12-14,16H,4-11H2,1-3H3. The summed E-state index contributed by atoms with van der Waals surface area (Å²) in [5, 5.41) is 3.60. The van der Waals surface area contributed by atoms with Crippen LogP contribution in [0.4, 0.5) is 0 Å². The monoisotopic (exact) mass is 239 g/mol. The molecule has 0 bridgehead atoms. The third-order valence-corrected chi connectivity index (χ3v) is 5.01. The number of piperidine rings is 1. The van der Waals surface area contributed by atoms with Crippen LogP contribution in [0.3, 0.4) is 0 Å². The van der Waals surface area contributed by atoms with E-state index in [1.54, 1.807) is 0 Å². The molecule has 1 aliphatic carbocycles. The Balaban J connectivity index is 2.15. The summed E-state index contributed by atoms with van der Waals surface area (Å²) in [6.45, 7) is 7.10. The van der Waals surface area contributed by atoms with E-state index in [1.165, 1.54) is 51.6 Å². The maximum absolute atomic E-state index is 5.87. The molecule has 2 rings (SSSR count). The van der Waals surface area contributed by atoms with E-state index in [0.29, 0.717) is 11.5 Å². The minimum atomic E-state index is 0.489. The molecule has 3 unspecified atom stereocenters. The first-order valence-electron chi connectivity index (χ1n) is 7.42. The molecular formula is C15H29NO. The van der Waals surface area contributed by atoms with Crippen molar-refractivity contribution in [3.8, 4) is 0 Å². The maximum Gasteiger partial charge on any atom is 0.0631 e. The van der Waals surface area contributed by atoms with Crippen LogP contribution in [0.1, 0.15) is 52.4 Å². The summed E-state index contributed by atoms with van der Waals surface area (Å²) in [7, 11) is 1.92. The fraction of sp³-hybridized carbons (Fsp3) is 1.00. The third-order valence-electron chi connectivity index (χ3n) is 5.01. The molecule has 3 atom stereocenters. The lowest BCUT2D eigenvalue weighted by Crippen LogP contribution is -2.53. The minimum absolute atomic E-state index is 0.489. The number of nitrogens with one attached hydrogen (secondary N) is 1. The Morgan fingerprint density at radius 3 is 2.82 bits per heavy atom. The molecule has 0 aromatic rings. The van der Waals surface area contributed by atoms with E-state index in [-0.39, 0.29) is 0 Å². The fourth-order valence-electron chi connectivity index (χ4n) is 4.23. The Kier molecular flexibility index (Phi) is 4.48. The highest BCUT2D eigenvalue weighted by molar-refractivity contribution is 4.99. The number of ether oxygens (including phenoxy) is 1. The predicted octanol–water partition coefficient (Wildman–Crippen LogP) is 3.22. The Bertz CT molecular complexity index is 235. The van der Waals surface area contributed by atoms with Crippen LogP contribution in [-0.4, -0.2) is 26.3 Å². The SMILES string of the molecule is COC1CCCCC12CCNCC2CC(C)C. The summed E-state index contributed by atoms with van der Waals surface area (Å²) in [6.07, 6.45) is 8.64. The van der Waals surface area contributed by atoms with Gasteiger partial charge in [0.15, 0.2) is 0 Å². The molecule has 0 aromatic carbocycles. The zero-order valence-corrected chi connectivity index (χ0v) is 11.8. The summed E-state index contributed by atoms with van der Waals surface area (Å²) in [4.78, 5) is 0. The Morgan fingerprint density at radius 2 is 2.12 bits per heavy atom. The van der Waals surface area contributed by atoms with E-state index in [0.717, 1.165) is 11.8 Å². The van der Waals surface area contributed by atoms with Crippen LogP contribution in [0.5, 0.6) is 0 Å².